The van der Waals surface area contributed by atoms with E-state index in [1.54, 1.807) is 68.4 Å². The largest absolute Gasteiger partial charge is 0.493 e. The molecule has 0 aliphatic carbocycles. The number of rotatable bonds is 7. The lowest BCUT2D eigenvalue weighted by atomic mass is 10.2. The van der Waals surface area contributed by atoms with Gasteiger partial charge in [-0.25, -0.2) is 9.37 Å². The van der Waals surface area contributed by atoms with Gasteiger partial charge in [-0.2, -0.15) is 0 Å². The molecule has 0 saturated heterocycles. The van der Waals surface area contributed by atoms with E-state index in [9.17, 15) is 14.0 Å². The number of para-hydroxylation sites is 1. The second-order valence-corrected chi connectivity index (χ2v) is 9.11. The zero-order chi connectivity index (χ0) is 25.1. The van der Waals surface area contributed by atoms with Crippen molar-refractivity contribution >= 4 is 34.3 Å². The minimum Gasteiger partial charge on any atom is -0.493 e. The topological polar surface area (TPSA) is 82.5 Å². The number of halogens is 1. The van der Waals surface area contributed by atoms with Crippen molar-refractivity contribution in [3.8, 4) is 17.2 Å². The first-order valence-electron chi connectivity index (χ1n) is 10.8. The Morgan fingerprint density at radius 1 is 1.06 bits per heavy atom. The van der Waals surface area contributed by atoms with E-state index in [0.717, 1.165) is 11.8 Å². The zero-order valence-electron chi connectivity index (χ0n) is 19.7. The third-order valence-electron chi connectivity index (χ3n) is 5.46. The van der Waals surface area contributed by atoms with E-state index in [4.69, 9.17) is 9.47 Å². The lowest BCUT2D eigenvalue weighted by Crippen LogP contribution is -2.26. The first kappa shape index (κ1) is 24.3. The molecule has 0 aliphatic rings. The Balaban J connectivity index is 1.69. The molecule has 1 unspecified atom stereocenters. The van der Waals surface area contributed by atoms with Crippen LogP contribution in [0.3, 0.4) is 0 Å². The third-order valence-corrected chi connectivity index (χ3v) is 6.51. The number of carbonyl (C=O) groups is 1. The average molecular weight is 494 g/mol. The van der Waals surface area contributed by atoms with E-state index in [1.165, 1.54) is 24.9 Å². The monoisotopic (exact) mass is 493 g/mol. The number of nitrogens with zero attached hydrogens (tertiary/aromatic N) is 2. The molecule has 0 aliphatic heterocycles. The third kappa shape index (κ3) is 5.00. The fourth-order valence-corrected chi connectivity index (χ4v) is 4.44. The van der Waals surface area contributed by atoms with Gasteiger partial charge < -0.3 is 14.8 Å². The van der Waals surface area contributed by atoms with Gasteiger partial charge in [0.15, 0.2) is 16.7 Å². The summed E-state index contributed by atoms with van der Waals surface area (Å²) in [6.07, 6.45) is 0. The number of aryl methyl sites for hydroxylation is 1. The number of thioether (sulfide) groups is 1. The summed E-state index contributed by atoms with van der Waals surface area (Å²) in [5.74, 6) is 0.295. The van der Waals surface area contributed by atoms with Gasteiger partial charge in [0.05, 0.1) is 36.1 Å². The van der Waals surface area contributed by atoms with Crippen molar-refractivity contribution in [1.29, 1.82) is 0 Å². The molecule has 180 valence electrons. The van der Waals surface area contributed by atoms with Gasteiger partial charge in [-0.3, -0.25) is 14.2 Å². The number of anilines is 1. The highest BCUT2D eigenvalue weighted by Gasteiger charge is 2.21. The van der Waals surface area contributed by atoms with E-state index in [-0.39, 0.29) is 16.6 Å². The lowest BCUT2D eigenvalue weighted by Gasteiger charge is -2.17. The molecule has 4 rings (SSSR count). The summed E-state index contributed by atoms with van der Waals surface area (Å²) in [6, 6.07) is 16.6. The van der Waals surface area contributed by atoms with Crippen LogP contribution in [0.15, 0.2) is 70.6 Å². The molecule has 1 N–H and O–H groups in total. The Bertz CT molecular complexity index is 1470. The van der Waals surface area contributed by atoms with Gasteiger partial charge in [-0.1, -0.05) is 30.0 Å². The standard InChI is InChI=1S/C26H24FN3O4S/c1-15-9-11-18(14-20(15)27)30-25(32)19-7-5-6-8-21(19)29-26(30)35-16(2)24(31)28-17-10-12-22(33-3)23(13-17)34-4/h5-14,16H,1-4H3,(H,28,31). The number of hydrogen-bond donors (Lipinski definition) is 1. The summed E-state index contributed by atoms with van der Waals surface area (Å²) in [7, 11) is 3.05. The molecule has 0 saturated carbocycles. The SMILES string of the molecule is COc1ccc(NC(=O)C(C)Sc2nc3ccccc3c(=O)n2-c2ccc(C)c(F)c2)cc1OC. The Kier molecular flexibility index (Phi) is 7.07. The second kappa shape index (κ2) is 10.2. The molecule has 0 spiro atoms. The molecule has 35 heavy (non-hydrogen) atoms. The predicted octanol–water partition coefficient (Wildman–Crippen LogP) is 4.97. The summed E-state index contributed by atoms with van der Waals surface area (Å²) in [6.45, 7) is 3.36. The normalized spacial score (nSPS) is 11.8. The van der Waals surface area contributed by atoms with Crippen LogP contribution in [0.1, 0.15) is 12.5 Å². The number of benzene rings is 3. The van der Waals surface area contributed by atoms with E-state index >= 15 is 0 Å². The Labute approximate surface area is 205 Å². The van der Waals surface area contributed by atoms with Crippen LogP contribution in [-0.2, 0) is 4.79 Å². The number of hydrogen-bond acceptors (Lipinski definition) is 6. The van der Waals surface area contributed by atoms with Crippen LogP contribution in [0, 0.1) is 12.7 Å². The van der Waals surface area contributed by atoms with Crippen molar-refractivity contribution in [2.75, 3.05) is 19.5 Å². The van der Waals surface area contributed by atoms with Crippen molar-refractivity contribution in [3.05, 3.63) is 82.4 Å². The number of nitrogens with one attached hydrogen (secondary N) is 1. The van der Waals surface area contributed by atoms with Crippen LogP contribution in [0.2, 0.25) is 0 Å². The molecular formula is C26H24FN3O4S. The molecule has 1 amide bonds. The Morgan fingerprint density at radius 3 is 2.51 bits per heavy atom. The molecule has 3 aromatic carbocycles. The van der Waals surface area contributed by atoms with Gasteiger partial charge in [0.1, 0.15) is 5.82 Å². The van der Waals surface area contributed by atoms with Crippen molar-refractivity contribution in [2.45, 2.75) is 24.3 Å². The maximum absolute atomic E-state index is 14.4. The van der Waals surface area contributed by atoms with Gasteiger partial charge in [-0.15, -0.1) is 0 Å². The van der Waals surface area contributed by atoms with Crippen LogP contribution >= 0.6 is 11.8 Å². The molecule has 4 aromatic rings. The van der Waals surface area contributed by atoms with E-state index in [0.29, 0.717) is 39.3 Å². The fraction of sp³-hybridized carbons (Fsp3) is 0.192. The quantitative estimate of drug-likeness (QED) is 0.289. The first-order chi connectivity index (χ1) is 16.8. The molecule has 9 heteroatoms. The number of fused-ring (bicyclic) bond motifs is 1. The molecule has 0 radical (unpaired) electrons. The van der Waals surface area contributed by atoms with E-state index in [2.05, 4.69) is 10.3 Å². The maximum atomic E-state index is 14.4. The molecule has 1 aromatic heterocycles. The summed E-state index contributed by atoms with van der Waals surface area (Å²) in [4.78, 5) is 31.0. The Hall–Kier alpha value is -3.85. The number of amides is 1. The van der Waals surface area contributed by atoms with Crippen LogP contribution in [-0.4, -0.2) is 34.9 Å². The van der Waals surface area contributed by atoms with Crippen LogP contribution in [0.25, 0.3) is 16.6 Å². The highest BCUT2D eigenvalue weighted by Crippen LogP contribution is 2.31. The minimum absolute atomic E-state index is 0.284. The number of methoxy groups -OCH3 is 2. The number of aromatic nitrogens is 2. The van der Waals surface area contributed by atoms with Gasteiger partial charge in [0.2, 0.25) is 5.91 Å². The van der Waals surface area contributed by atoms with Gasteiger partial charge in [0, 0.05) is 11.8 Å². The Morgan fingerprint density at radius 2 is 1.80 bits per heavy atom. The highest BCUT2D eigenvalue weighted by molar-refractivity contribution is 8.00. The van der Waals surface area contributed by atoms with Gasteiger partial charge in [-0.05, 0) is 55.8 Å². The molecule has 1 heterocycles. The molecule has 1 atom stereocenters. The van der Waals surface area contributed by atoms with Crippen LogP contribution in [0.5, 0.6) is 11.5 Å². The minimum atomic E-state index is -0.627. The van der Waals surface area contributed by atoms with Crippen molar-refractivity contribution < 1.29 is 18.7 Å². The predicted molar refractivity (Wildman–Crippen MR) is 136 cm³/mol. The smallest absolute Gasteiger partial charge is 0.266 e. The second-order valence-electron chi connectivity index (χ2n) is 7.80. The zero-order valence-corrected chi connectivity index (χ0v) is 20.5. The number of ether oxygens (including phenoxy) is 2. The summed E-state index contributed by atoms with van der Waals surface area (Å²) in [5, 5.41) is 2.91. The van der Waals surface area contributed by atoms with Crippen LogP contribution in [0.4, 0.5) is 10.1 Å². The van der Waals surface area contributed by atoms with Gasteiger partial charge in [0.25, 0.3) is 5.56 Å². The molecule has 0 fully saturated rings. The summed E-state index contributed by atoms with van der Waals surface area (Å²) < 4.78 is 26.2. The van der Waals surface area contributed by atoms with Crippen LogP contribution < -0.4 is 20.3 Å². The number of carbonyl (C=O) groups excluding carboxylic acids is 1. The molecule has 7 nitrogen and oxygen atoms in total. The van der Waals surface area contributed by atoms with Gasteiger partial charge >= 0.3 is 0 Å². The lowest BCUT2D eigenvalue weighted by molar-refractivity contribution is -0.115. The summed E-state index contributed by atoms with van der Waals surface area (Å²) >= 11 is 1.11. The fourth-order valence-electron chi connectivity index (χ4n) is 3.51. The highest BCUT2D eigenvalue weighted by atomic mass is 32.2. The van der Waals surface area contributed by atoms with E-state index in [1.807, 2.05) is 0 Å². The molecule has 0 bridgehead atoms. The average Bonchev–Trinajstić information content (AvgIpc) is 2.86. The van der Waals surface area contributed by atoms with Crippen molar-refractivity contribution in [2.24, 2.45) is 0 Å². The molecular weight excluding hydrogens is 469 g/mol. The van der Waals surface area contributed by atoms with Crippen molar-refractivity contribution in [3.63, 3.8) is 0 Å². The first-order valence-corrected chi connectivity index (χ1v) is 11.7. The summed E-state index contributed by atoms with van der Waals surface area (Å²) in [5.41, 5.74) is 1.49. The van der Waals surface area contributed by atoms with E-state index < -0.39 is 11.1 Å². The maximum Gasteiger partial charge on any atom is 0.266 e. The van der Waals surface area contributed by atoms with Crippen molar-refractivity contribution in [1.82, 2.24) is 9.55 Å².